The molecular formula is C21H32N2O. The molecule has 1 rings (SSSR count). The largest absolute Gasteiger partial charge is 0.392 e. The first kappa shape index (κ1) is 20.2. The van der Waals surface area contributed by atoms with E-state index in [1.54, 1.807) is 0 Å². The molecule has 0 radical (unpaired) electrons. The van der Waals surface area contributed by atoms with Gasteiger partial charge in [0.25, 0.3) is 0 Å². The van der Waals surface area contributed by atoms with Gasteiger partial charge in [-0.05, 0) is 43.6 Å². The molecule has 0 bridgehead atoms. The van der Waals surface area contributed by atoms with Gasteiger partial charge < -0.3 is 15.7 Å². The summed E-state index contributed by atoms with van der Waals surface area (Å²) in [5.41, 5.74) is 5.19. The van der Waals surface area contributed by atoms with Gasteiger partial charge in [0.05, 0.1) is 12.6 Å². The average Bonchev–Trinajstić information content (AvgIpc) is 2.59. The monoisotopic (exact) mass is 328 g/mol. The summed E-state index contributed by atoms with van der Waals surface area (Å²) >= 11 is 0. The first-order valence-electron chi connectivity index (χ1n) is 8.63. The van der Waals surface area contributed by atoms with Crippen LogP contribution in [-0.4, -0.2) is 18.8 Å². The average molecular weight is 328 g/mol. The van der Waals surface area contributed by atoms with Gasteiger partial charge >= 0.3 is 0 Å². The van der Waals surface area contributed by atoms with Crippen molar-refractivity contribution < 1.29 is 5.11 Å². The van der Waals surface area contributed by atoms with E-state index in [4.69, 9.17) is 0 Å². The van der Waals surface area contributed by atoms with Crippen LogP contribution in [0.1, 0.15) is 45.7 Å². The molecule has 132 valence electrons. The number of aliphatic hydroxyl groups excluding tert-OH is 1. The number of rotatable bonds is 9. The fourth-order valence-electron chi connectivity index (χ4n) is 2.63. The summed E-state index contributed by atoms with van der Waals surface area (Å²) in [7, 11) is 1.92. The van der Waals surface area contributed by atoms with Gasteiger partial charge in [-0.15, -0.1) is 0 Å². The van der Waals surface area contributed by atoms with Crippen LogP contribution in [0.4, 0.5) is 0 Å². The molecule has 1 unspecified atom stereocenters. The zero-order chi connectivity index (χ0) is 18.1. The van der Waals surface area contributed by atoms with E-state index in [2.05, 4.69) is 57.0 Å². The number of allylic oxidation sites excluding steroid dienone is 2. The first-order valence-corrected chi connectivity index (χ1v) is 8.63. The van der Waals surface area contributed by atoms with Crippen molar-refractivity contribution in [3.05, 3.63) is 71.1 Å². The smallest absolute Gasteiger partial charge is 0.0702 e. The molecule has 0 aliphatic rings. The molecule has 3 nitrogen and oxygen atoms in total. The normalized spacial score (nSPS) is 14.4. The molecule has 0 saturated heterocycles. The van der Waals surface area contributed by atoms with Crippen molar-refractivity contribution >= 4 is 0 Å². The molecule has 0 heterocycles. The van der Waals surface area contributed by atoms with Gasteiger partial charge in [-0.1, -0.05) is 63.3 Å². The second-order valence-corrected chi connectivity index (χ2v) is 6.35. The predicted molar refractivity (Wildman–Crippen MR) is 104 cm³/mol. The van der Waals surface area contributed by atoms with Crippen molar-refractivity contribution in [1.29, 1.82) is 0 Å². The number of aliphatic hydroxyl groups is 1. The maximum Gasteiger partial charge on any atom is 0.0702 e. The zero-order valence-corrected chi connectivity index (χ0v) is 15.7. The van der Waals surface area contributed by atoms with Gasteiger partial charge in [0.15, 0.2) is 0 Å². The third-order valence-corrected chi connectivity index (χ3v) is 4.25. The standard InChI is InChI=1S/C21H32N2O/c1-7-16(4)13-23-20(15(2)3)19(14-24)17(5)21(22-6)18-11-9-8-10-12-18/h8-13,15,21-24H,5,7,14H2,1-4,6H3/b16-13-,20-19?. The van der Waals surface area contributed by atoms with E-state index in [0.29, 0.717) is 0 Å². The van der Waals surface area contributed by atoms with Crippen LogP contribution >= 0.6 is 0 Å². The second-order valence-electron chi connectivity index (χ2n) is 6.35. The Morgan fingerprint density at radius 2 is 1.88 bits per heavy atom. The van der Waals surface area contributed by atoms with E-state index in [9.17, 15) is 5.11 Å². The molecule has 1 aromatic rings. The zero-order valence-electron chi connectivity index (χ0n) is 15.7. The lowest BCUT2D eigenvalue weighted by atomic mass is 9.90. The van der Waals surface area contributed by atoms with Crippen LogP contribution in [-0.2, 0) is 0 Å². The lowest BCUT2D eigenvalue weighted by molar-refractivity contribution is 0.328. The molecule has 24 heavy (non-hydrogen) atoms. The summed E-state index contributed by atoms with van der Waals surface area (Å²) in [5.74, 6) is 0.262. The molecule has 0 amide bonds. The highest BCUT2D eigenvalue weighted by atomic mass is 16.3. The lowest BCUT2D eigenvalue weighted by Crippen LogP contribution is -2.24. The van der Waals surface area contributed by atoms with E-state index < -0.39 is 0 Å². The van der Waals surface area contributed by atoms with Gasteiger partial charge in [-0.25, -0.2) is 0 Å². The molecule has 0 saturated carbocycles. The molecule has 1 atom stereocenters. The highest BCUT2D eigenvalue weighted by Gasteiger charge is 2.20. The third kappa shape index (κ3) is 5.36. The fourth-order valence-corrected chi connectivity index (χ4v) is 2.63. The molecular weight excluding hydrogens is 296 g/mol. The predicted octanol–water partition coefficient (Wildman–Crippen LogP) is 4.31. The Morgan fingerprint density at radius 1 is 1.25 bits per heavy atom. The molecule has 3 heteroatoms. The van der Waals surface area contributed by atoms with Crippen LogP contribution in [0.15, 0.2) is 65.5 Å². The van der Waals surface area contributed by atoms with E-state index >= 15 is 0 Å². The van der Waals surface area contributed by atoms with E-state index in [0.717, 1.165) is 28.8 Å². The van der Waals surface area contributed by atoms with Crippen LogP contribution in [0.25, 0.3) is 0 Å². The number of benzene rings is 1. The topological polar surface area (TPSA) is 44.3 Å². The Bertz CT molecular complexity index is 585. The third-order valence-electron chi connectivity index (χ3n) is 4.25. The fraction of sp³-hybridized carbons (Fsp3) is 0.429. The van der Waals surface area contributed by atoms with Gasteiger partial charge in [0.1, 0.15) is 0 Å². The Morgan fingerprint density at radius 3 is 2.33 bits per heavy atom. The minimum Gasteiger partial charge on any atom is -0.392 e. The van der Waals surface area contributed by atoms with E-state index in [-0.39, 0.29) is 18.6 Å². The first-order chi connectivity index (χ1) is 11.5. The van der Waals surface area contributed by atoms with Crippen molar-refractivity contribution in [2.75, 3.05) is 13.7 Å². The van der Waals surface area contributed by atoms with Crippen molar-refractivity contribution in [3.63, 3.8) is 0 Å². The molecule has 0 spiro atoms. The van der Waals surface area contributed by atoms with Crippen molar-refractivity contribution in [2.45, 2.75) is 40.2 Å². The maximum absolute atomic E-state index is 10.0. The van der Waals surface area contributed by atoms with Crippen LogP contribution < -0.4 is 10.6 Å². The van der Waals surface area contributed by atoms with Gasteiger partial charge in [-0.2, -0.15) is 0 Å². The lowest BCUT2D eigenvalue weighted by Gasteiger charge is -2.25. The number of nitrogens with one attached hydrogen (secondary N) is 2. The summed E-state index contributed by atoms with van der Waals surface area (Å²) in [5, 5.41) is 16.7. The molecule has 0 fully saturated rings. The number of likely N-dealkylation sites (N-methyl/N-ethyl adjacent to an activating group) is 1. The van der Waals surface area contributed by atoms with Crippen LogP contribution in [0.5, 0.6) is 0 Å². The Labute approximate surface area is 147 Å². The maximum atomic E-state index is 10.0. The molecule has 1 aromatic carbocycles. The van der Waals surface area contributed by atoms with E-state index in [1.165, 1.54) is 5.57 Å². The summed E-state index contributed by atoms with van der Waals surface area (Å²) < 4.78 is 0. The Hall–Kier alpha value is -1.84. The summed E-state index contributed by atoms with van der Waals surface area (Å²) in [6.07, 6.45) is 3.02. The van der Waals surface area contributed by atoms with Crippen molar-refractivity contribution in [2.24, 2.45) is 5.92 Å². The minimum absolute atomic E-state index is 0.0276. The minimum atomic E-state index is -0.0383. The number of hydrogen-bond donors (Lipinski definition) is 3. The summed E-state index contributed by atoms with van der Waals surface area (Å²) in [6, 6.07) is 10.2. The Balaban J connectivity index is 3.24. The highest BCUT2D eigenvalue weighted by molar-refractivity contribution is 5.42. The van der Waals surface area contributed by atoms with Crippen LogP contribution in [0, 0.1) is 5.92 Å². The molecule has 0 aromatic heterocycles. The van der Waals surface area contributed by atoms with Crippen molar-refractivity contribution in [1.82, 2.24) is 10.6 Å². The van der Waals surface area contributed by atoms with Gasteiger partial charge in [-0.3, -0.25) is 0 Å². The van der Waals surface area contributed by atoms with Crippen LogP contribution in [0.2, 0.25) is 0 Å². The second kappa shape index (κ2) is 10.1. The van der Waals surface area contributed by atoms with Crippen LogP contribution in [0.3, 0.4) is 0 Å². The molecule has 3 N–H and O–H groups in total. The summed E-state index contributed by atoms with van der Waals surface area (Å²) in [4.78, 5) is 0. The van der Waals surface area contributed by atoms with Gasteiger partial charge in [0, 0.05) is 11.3 Å². The molecule has 0 aliphatic heterocycles. The SMILES string of the molecule is C=C(C(CO)=C(N/C=C(/C)CC)C(C)C)C(NC)c1ccccc1. The Kier molecular flexibility index (Phi) is 8.51. The number of hydrogen-bond acceptors (Lipinski definition) is 3. The van der Waals surface area contributed by atoms with Crippen molar-refractivity contribution in [3.8, 4) is 0 Å². The highest BCUT2D eigenvalue weighted by Crippen LogP contribution is 2.29. The molecule has 0 aliphatic carbocycles. The van der Waals surface area contributed by atoms with E-state index in [1.807, 2.05) is 31.4 Å². The summed E-state index contributed by atoms with van der Waals surface area (Å²) in [6.45, 7) is 12.7. The quantitative estimate of drug-likeness (QED) is 0.592. The van der Waals surface area contributed by atoms with Gasteiger partial charge in [0.2, 0.25) is 0 Å².